The van der Waals surface area contributed by atoms with Crippen molar-refractivity contribution >= 4 is 5.97 Å². The maximum Gasteiger partial charge on any atom is 0.343 e. The molecule has 3 heteroatoms. The van der Waals surface area contributed by atoms with E-state index in [-0.39, 0.29) is 5.97 Å². The molecule has 0 heterocycles. The van der Waals surface area contributed by atoms with Crippen LogP contribution in [0.25, 0.3) is 0 Å². The molecule has 1 atom stereocenters. The summed E-state index contributed by atoms with van der Waals surface area (Å²) in [7, 11) is 1.60. The van der Waals surface area contributed by atoms with E-state index < -0.39 is 0 Å². The fourth-order valence-electron chi connectivity index (χ4n) is 1.99. The number of benzene rings is 2. The number of hydrogen-bond acceptors (Lipinski definition) is 3. The maximum atomic E-state index is 12.1. The van der Waals surface area contributed by atoms with E-state index in [1.807, 2.05) is 24.3 Å². The highest BCUT2D eigenvalue weighted by Gasteiger charge is 2.10. The van der Waals surface area contributed by atoms with Crippen LogP contribution in [0.4, 0.5) is 0 Å². The fourth-order valence-corrected chi connectivity index (χ4v) is 1.99. The summed E-state index contributed by atoms with van der Waals surface area (Å²) in [6.45, 7) is 4.32. The molecule has 2 aromatic carbocycles. The van der Waals surface area contributed by atoms with Gasteiger partial charge in [0.1, 0.15) is 11.5 Å². The number of hydrogen-bond donors (Lipinski definition) is 0. The average molecular weight is 284 g/mol. The van der Waals surface area contributed by atoms with Gasteiger partial charge in [0.2, 0.25) is 0 Å². The standard InChI is InChI=1S/C18H20O3/c1-4-13(2)14-5-7-15(8-6-14)18(19)21-17-11-9-16(20-3)10-12-17/h5-13H,4H2,1-3H3. The first-order chi connectivity index (χ1) is 10.1. The van der Waals surface area contributed by atoms with E-state index in [1.54, 1.807) is 31.4 Å². The molecule has 0 aliphatic rings. The number of esters is 1. The average Bonchev–Trinajstić information content (AvgIpc) is 2.55. The van der Waals surface area contributed by atoms with Crippen LogP contribution in [-0.4, -0.2) is 13.1 Å². The van der Waals surface area contributed by atoms with Gasteiger partial charge in [-0.3, -0.25) is 0 Å². The van der Waals surface area contributed by atoms with Crippen molar-refractivity contribution in [1.82, 2.24) is 0 Å². The van der Waals surface area contributed by atoms with E-state index in [4.69, 9.17) is 9.47 Å². The Kier molecular flexibility index (Phi) is 4.99. The Morgan fingerprint density at radius 2 is 1.57 bits per heavy atom. The third-order valence-electron chi connectivity index (χ3n) is 3.60. The van der Waals surface area contributed by atoms with Crippen LogP contribution in [0.5, 0.6) is 11.5 Å². The van der Waals surface area contributed by atoms with Gasteiger partial charge in [-0.05, 0) is 54.3 Å². The van der Waals surface area contributed by atoms with Crippen molar-refractivity contribution in [2.75, 3.05) is 7.11 Å². The molecule has 2 rings (SSSR count). The topological polar surface area (TPSA) is 35.5 Å². The van der Waals surface area contributed by atoms with Crippen molar-refractivity contribution in [1.29, 1.82) is 0 Å². The van der Waals surface area contributed by atoms with Crippen molar-refractivity contribution in [2.24, 2.45) is 0 Å². The van der Waals surface area contributed by atoms with Crippen molar-refractivity contribution < 1.29 is 14.3 Å². The molecule has 2 aromatic rings. The molecule has 0 bridgehead atoms. The lowest BCUT2D eigenvalue weighted by Crippen LogP contribution is -2.08. The molecule has 0 aromatic heterocycles. The van der Waals surface area contributed by atoms with Gasteiger partial charge in [0.05, 0.1) is 12.7 Å². The van der Waals surface area contributed by atoms with Gasteiger partial charge < -0.3 is 9.47 Å². The predicted octanol–water partition coefficient (Wildman–Crippen LogP) is 4.43. The van der Waals surface area contributed by atoms with Gasteiger partial charge in [-0.2, -0.15) is 0 Å². The lowest BCUT2D eigenvalue weighted by molar-refractivity contribution is 0.0734. The minimum atomic E-state index is -0.351. The van der Waals surface area contributed by atoms with Crippen LogP contribution < -0.4 is 9.47 Å². The van der Waals surface area contributed by atoms with Crippen molar-refractivity contribution in [2.45, 2.75) is 26.2 Å². The van der Waals surface area contributed by atoms with E-state index in [0.717, 1.165) is 12.2 Å². The van der Waals surface area contributed by atoms with Gasteiger partial charge in [0.15, 0.2) is 0 Å². The molecule has 0 amide bonds. The van der Waals surface area contributed by atoms with Crippen molar-refractivity contribution in [3.63, 3.8) is 0 Å². The van der Waals surface area contributed by atoms with Gasteiger partial charge in [-0.15, -0.1) is 0 Å². The molecule has 110 valence electrons. The van der Waals surface area contributed by atoms with E-state index >= 15 is 0 Å². The summed E-state index contributed by atoms with van der Waals surface area (Å²) in [6, 6.07) is 14.5. The van der Waals surface area contributed by atoms with Crippen molar-refractivity contribution in [3.05, 3.63) is 59.7 Å². The highest BCUT2D eigenvalue weighted by molar-refractivity contribution is 5.91. The van der Waals surface area contributed by atoms with Crippen LogP contribution in [0.2, 0.25) is 0 Å². The molecule has 0 aliphatic carbocycles. The third-order valence-corrected chi connectivity index (χ3v) is 3.60. The van der Waals surface area contributed by atoms with Crippen LogP contribution >= 0.6 is 0 Å². The zero-order valence-corrected chi connectivity index (χ0v) is 12.6. The fraction of sp³-hybridized carbons (Fsp3) is 0.278. The number of methoxy groups -OCH3 is 1. The number of rotatable bonds is 5. The second kappa shape index (κ2) is 6.93. The van der Waals surface area contributed by atoms with E-state index in [9.17, 15) is 4.79 Å². The maximum absolute atomic E-state index is 12.1. The Hall–Kier alpha value is -2.29. The zero-order valence-electron chi connectivity index (χ0n) is 12.6. The summed E-state index contributed by atoms with van der Waals surface area (Å²) < 4.78 is 10.4. The van der Waals surface area contributed by atoms with Crippen LogP contribution in [0.15, 0.2) is 48.5 Å². The molecule has 0 aliphatic heterocycles. The first kappa shape index (κ1) is 15.1. The first-order valence-electron chi connectivity index (χ1n) is 7.10. The monoisotopic (exact) mass is 284 g/mol. The summed E-state index contributed by atoms with van der Waals surface area (Å²) >= 11 is 0. The van der Waals surface area contributed by atoms with Crippen LogP contribution in [-0.2, 0) is 0 Å². The molecule has 3 nitrogen and oxygen atoms in total. The van der Waals surface area contributed by atoms with E-state index in [2.05, 4.69) is 13.8 Å². The Morgan fingerprint density at radius 3 is 2.10 bits per heavy atom. The molecule has 0 radical (unpaired) electrons. The molecule has 0 fully saturated rings. The third kappa shape index (κ3) is 3.85. The Balaban J connectivity index is 2.05. The molecule has 21 heavy (non-hydrogen) atoms. The largest absolute Gasteiger partial charge is 0.497 e. The molecular weight excluding hydrogens is 264 g/mol. The van der Waals surface area contributed by atoms with E-state index in [1.165, 1.54) is 5.56 Å². The van der Waals surface area contributed by atoms with Crippen LogP contribution in [0.3, 0.4) is 0 Å². The number of ether oxygens (including phenoxy) is 2. The minimum absolute atomic E-state index is 0.351. The Morgan fingerprint density at radius 1 is 1.00 bits per heavy atom. The second-order valence-corrected chi connectivity index (χ2v) is 5.00. The lowest BCUT2D eigenvalue weighted by atomic mass is 9.98. The predicted molar refractivity (Wildman–Crippen MR) is 83.1 cm³/mol. The highest BCUT2D eigenvalue weighted by Crippen LogP contribution is 2.21. The van der Waals surface area contributed by atoms with Crippen LogP contribution in [0, 0.1) is 0 Å². The molecule has 0 saturated heterocycles. The normalized spacial score (nSPS) is 11.8. The van der Waals surface area contributed by atoms with E-state index in [0.29, 0.717) is 17.2 Å². The Labute approximate surface area is 125 Å². The molecule has 0 saturated carbocycles. The van der Waals surface area contributed by atoms with Gasteiger partial charge in [0, 0.05) is 0 Å². The molecular formula is C18H20O3. The molecule has 1 unspecified atom stereocenters. The minimum Gasteiger partial charge on any atom is -0.497 e. The second-order valence-electron chi connectivity index (χ2n) is 5.00. The quantitative estimate of drug-likeness (QED) is 0.602. The number of carbonyl (C=O) groups excluding carboxylic acids is 1. The summed E-state index contributed by atoms with van der Waals surface area (Å²) in [5, 5.41) is 0. The molecule has 0 spiro atoms. The smallest absolute Gasteiger partial charge is 0.343 e. The van der Waals surface area contributed by atoms with Gasteiger partial charge >= 0.3 is 5.97 Å². The summed E-state index contributed by atoms with van der Waals surface area (Å²) in [6.07, 6.45) is 1.08. The van der Waals surface area contributed by atoms with Crippen LogP contribution in [0.1, 0.15) is 42.1 Å². The summed E-state index contributed by atoms with van der Waals surface area (Å²) in [4.78, 5) is 12.1. The highest BCUT2D eigenvalue weighted by atomic mass is 16.5. The summed E-state index contributed by atoms with van der Waals surface area (Å²) in [5.74, 6) is 1.38. The Bertz CT molecular complexity index is 585. The SMILES string of the molecule is CCC(C)c1ccc(C(=O)Oc2ccc(OC)cc2)cc1. The summed E-state index contributed by atoms with van der Waals surface area (Å²) in [5.41, 5.74) is 1.79. The van der Waals surface area contributed by atoms with Gasteiger partial charge in [-0.1, -0.05) is 26.0 Å². The number of carbonyl (C=O) groups is 1. The zero-order chi connectivity index (χ0) is 15.2. The van der Waals surface area contributed by atoms with Gasteiger partial charge in [-0.25, -0.2) is 4.79 Å². The molecule has 0 N–H and O–H groups in total. The first-order valence-corrected chi connectivity index (χ1v) is 7.10. The lowest BCUT2D eigenvalue weighted by Gasteiger charge is -2.10. The van der Waals surface area contributed by atoms with Crippen molar-refractivity contribution in [3.8, 4) is 11.5 Å². The van der Waals surface area contributed by atoms with Gasteiger partial charge in [0.25, 0.3) is 0 Å².